The molecule has 3 amide bonds. The minimum atomic E-state index is -2.83. The third kappa shape index (κ3) is 3.84. The topological polar surface area (TPSA) is 75.7 Å². The van der Waals surface area contributed by atoms with Gasteiger partial charge in [0.25, 0.3) is 17.1 Å². The average molecular weight is 479 g/mol. The number of ether oxygens (including phenoxy) is 1. The van der Waals surface area contributed by atoms with Crippen molar-refractivity contribution in [3.63, 3.8) is 0 Å². The lowest BCUT2D eigenvalue weighted by molar-refractivity contribution is -0.119. The number of rotatable bonds is 4. The predicted octanol–water partition coefficient (Wildman–Crippen LogP) is 4.60. The van der Waals surface area contributed by atoms with Gasteiger partial charge < -0.3 is 9.64 Å². The fourth-order valence-corrected chi connectivity index (χ4v) is 5.54. The minimum Gasteiger partial charge on any atom is -0.456 e. The molecule has 6 nitrogen and oxygen atoms in total. The Morgan fingerprint density at radius 2 is 1.97 bits per heavy atom. The van der Waals surface area contributed by atoms with Crippen molar-refractivity contribution in [1.29, 1.82) is 0 Å². The number of imide groups is 1. The summed E-state index contributed by atoms with van der Waals surface area (Å²) in [4.78, 5) is 36.9. The number of hydrogen-bond donors (Lipinski definition) is 1. The number of halogens is 3. The molecule has 0 radical (unpaired) electrons. The van der Waals surface area contributed by atoms with Crippen LogP contribution in [0.2, 0.25) is 5.02 Å². The Kier molecular flexibility index (Phi) is 5.13. The van der Waals surface area contributed by atoms with Crippen LogP contribution in [0.3, 0.4) is 0 Å². The highest BCUT2D eigenvalue weighted by molar-refractivity contribution is 8.15. The molecular formula is C22H17ClF2N2O4S. The number of nitrogens with one attached hydrogen (secondary N) is 1. The van der Waals surface area contributed by atoms with Gasteiger partial charge in [0, 0.05) is 11.5 Å². The molecule has 2 aromatic rings. The zero-order valence-electron chi connectivity index (χ0n) is 16.6. The molecule has 166 valence electrons. The molecule has 0 spiro atoms. The average Bonchev–Trinajstić information content (AvgIpc) is 3.28. The fraction of sp³-hybridized carbons (Fsp3) is 0.318. The molecule has 0 aromatic heterocycles. The van der Waals surface area contributed by atoms with E-state index in [-0.39, 0.29) is 27.7 Å². The number of carbonyl (C=O) groups is 3. The Bertz CT molecular complexity index is 1150. The lowest BCUT2D eigenvalue weighted by Crippen LogP contribution is -2.58. The molecule has 3 aliphatic rings. The number of benzene rings is 2. The van der Waals surface area contributed by atoms with E-state index in [0.29, 0.717) is 11.5 Å². The molecule has 1 unspecified atom stereocenters. The summed E-state index contributed by atoms with van der Waals surface area (Å²) < 4.78 is 31.9. The second kappa shape index (κ2) is 7.74. The summed E-state index contributed by atoms with van der Waals surface area (Å²) in [7, 11) is 0. The molecule has 32 heavy (non-hydrogen) atoms. The monoisotopic (exact) mass is 478 g/mol. The Hall–Kier alpha value is -2.65. The largest absolute Gasteiger partial charge is 0.456 e. The summed E-state index contributed by atoms with van der Waals surface area (Å²) in [5.41, 5.74) is 2.29. The van der Waals surface area contributed by atoms with Gasteiger partial charge in [-0.1, -0.05) is 29.4 Å². The van der Waals surface area contributed by atoms with Crippen molar-refractivity contribution in [2.45, 2.75) is 29.9 Å². The third-order valence-electron chi connectivity index (χ3n) is 5.86. The summed E-state index contributed by atoms with van der Waals surface area (Å²) >= 11 is 7.31. The molecule has 1 aliphatic carbocycles. The van der Waals surface area contributed by atoms with Crippen molar-refractivity contribution in [3.05, 3.63) is 58.1 Å². The van der Waals surface area contributed by atoms with Crippen molar-refractivity contribution < 1.29 is 27.9 Å². The molecule has 10 heteroatoms. The molecule has 2 saturated heterocycles. The van der Waals surface area contributed by atoms with Gasteiger partial charge in [0.15, 0.2) is 0 Å². The fourth-order valence-electron chi connectivity index (χ4n) is 4.32. The Balaban J connectivity index is 1.29. The van der Waals surface area contributed by atoms with Crippen molar-refractivity contribution >= 4 is 40.4 Å². The van der Waals surface area contributed by atoms with E-state index in [2.05, 4.69) is 5.32 Å². The number of alkyl halides is 2. The maximum atomic E-state index is 13.0. The minimum absolute atomic E-state index is 0.0294. The predicted molar refractivity (Wildman–Crippen MR) is 115 cm³/mol. The van der Waals surface area contributed by atoms with Gasteiger partial charge in [-0.3, -0.25) is 19.7 Å². The van der Waals surface area contributed by atoms with Crippen LogP contribution >= 0.6 is 23.4 Å². The number of aryl methyl sites for hydroxylation is 1. The van der Waals surface area contributed by atoms with E-state index in [1.165, 1.54) is 18.2 Å². The zero-order valence-corrected chi connectivity index (χ0v) is 18.1. The van der Waals surface area contributed by atoms with Crippen LogP contribution in [-0.4, -0.2) is 46.2 Å². The van der Waals surface area contributed by atoms with E-state index in [1.807, 2.05) is 12.1 Å². The standard InChI is InChI=1S/C22H17ClF2N2O4S/c23-16-8-12(20(29)27-9-22(24,25)10-27)2-6-17(16)31-13-3-5-14-11(7-13)1-4-15(14)18-19(28)26-21(30)32-18/h2-3,5-8,15,18H,1,4,9-10H2,(H,26,28,30)/t15-,18?/m1/s1. The number of amides is 3. The van der Waals surface area contributed by atoms with Crippen LogP contribution in [0.5, 0.6) is 11.5 Å². The molecular weight excluding hydrogens is 462 g/mol. The summed E-state index contributed by atoms with van der Waals surface area (Å²) in [5.74, 6) is -2.72. The first-order chi connectivity index (χ1) is 15.2. The lowest BCUT2D eigenvalue weighted by atomic mass is 9.97. The molecule has 2 fully saturated rings. The van der Waals surface area contributed by atoms with Crippen molar-refractivity contribution in [3.8, 4) is 11.5 Å². The highest BCUT2D eigenvalue weighted by atomic mass is 35.5. The first-order valence-corrected chi connectivity index (χ1v) is 11.2. The van der Waals surface area contributed by atoms with E-state index in [0.717, 1.165) is 40.6 Å². The van der Waals surface area contributed by atoms with Crippen molar-refractivity contribution in [2.75, 3.05) is 13.1 Å². The summed E-state index contributed by atoms with van der Waals surface area (Å²) in [6, 6.07) is 9.99. The van der Waals surface area contributed by atoms with Crippen LogP contribution in [0.4, 0.5) is 13.6 Å². The maximum absolute atomic E-state index is 13.0. The quantitative estimate of drug-likeness (QED) is 0.694. The van der Waals surface area contributed by atoms with Gasteiger partial charge in [0.1, 0.15) is 16.7 Å². The van der Waals surface area contributed by atoms with E-state index in [1.54, 1.807) is 6.07 Å². The van der Waals surface area contributed by atoms with Crippen molar-refractivity contribution in [2.24, 2.45) is 0 Å². The SMILES string of the molecule is O=C1NC(=O)C([C@@H]2CCc3cc(Oc4ccc(C(=O)N5CC(F)(F)C5)cc4Cl)ccc32)S1. The molecule has 1 N–H and O–H groups in total. The van der Waals surface area contributed by atoms with Crippen LogP contribution in [0.25, 0.3) is 0 Å². The summed E-state index contributed by atoms with van der Waals surface area (Å²) in [6.07, 6.45) is 1.53. The van der Waals surface area contributed by atoms with Crippen LogP contribution in [0.1, 0.15) is 33.8 Å². The molecule has 5 rings (SSSR count). The third-order valence-corrected chi connectivity index (χ3v) is 7.27. The summed E-state index contributed by atoms with van der Waals surface area (Å²) in [5, 5.41) is 1.80. The molecule has 2 aromatic carbocycles. The van der Waals surface area contributed by atoms with Crippen LogP contribution in [0.15, 0.2) is 36.4 Å². The highest BCUT2D eigenvalue weighted by Crippen LogP contribution is 2.44. The van der Waals surface area contributed by atoms with E-state index in [4.69, 9.17) is 16.3 Å². The van der Waals surface area contributed by atoms with E-state index >= 15 is 0 Å². The first kappa shape index (κ1) is 21.2. The van der Waals surface area contributed by atoms with Gasteiger partial charge in [0.2, 0.25) is 5.91 Å². The molecule has 2 atom stereocenters. The Labute approximate surface area is 191 Å². The van der Waals surface area contributed by atoms with Gasteiger partial charge >= 0.3 is 0 Å². The van der Waals surface area contributed by atoms with Crippen LogP contribution < -0.4 is 10.1 Å². The number of thioether (sulfide) groups is 1. The smallest absolute Gasteiger partial charge is 0.286 e. The second-order valence-electron chi connectivity index (χ2n) is 8.09. The second-order valence-corrected chi connectivity index (χ2v) is 9.61. The van der Waals surface area contributed by atoms with E-state index in [9.17, 15) is 23.2 Å². The van der Waals surface area contributed by atoms with Crippen LogP contribution in [-0.2, 0) is 11.2 Å². The number of likely N-dealkylation sites (tertiary alicyclic amines) is 1. The molecule has 0 bridgehead atoms. The Morgan fingerprint density at radius 1 is 1.19 bits per heavy atom. The normalized spacial score (nSPS) is 23.5. The number of fused-ring (bicyclic) bond motifs is 1. The van der Waals surface area contributed by atoms with Crippen LogP contribution in [0, 0.1) is 0 Å². The highest BCUT2D eigenvalue weighted by Gasteiger charge is 2.46. The van der Waals surface area contributed by atoms with Gasteiger partial charge in [-0.05, 0) is 54.3 Å². The molecule has 2 heterocycles. The lowest BCUT2D eigenvalue weighted by Gasteiger charge is -2.38. The van der Waals surface area contributed by atoms with Gasteiger partial charge in [-0.25, -0.2) is 8.78 Å². The van der Waals surface area contributed by atoms with Crippen molar-refractivity contribution in [1.82, 2.24) is 10.2 Å². The number of carbonyl (C=O) groups excluding carboxylic acids is 3. The van der Waals surface area contributed by atoms with Gasteiger partial charge in [-0.15, -0.1) is 0 Å². The molecule has 2 aliphatic heterocycles. The number of nitrogens with zero attached hydrogens (tertiary/aromatic N) is 1. The molecule has 0 saturated carbocycles. The number of hydrogen-bond acceptors (Lipinski definition) is 5. The van der Waals surface area contributed by atoms with E-state index < -0.39 is 30.2 Å². The van der Waals surface area contributed by atoms with Gasteiger partial charge in [0.05, 0.1) is 18.1 Å². The first-order valence-electron chi connectivity index (χ1n) is 9.99. The zero-order chi connectivity index (χ0) is 22.6. The maximum Gasteiger partial charge on any atom is 0.286 e. The van der Waals surface area contributed by atoms with Gasteiger partial charge in [-0.2, -0.15) is 0 Å². The summed E-state index contributed by atoms with van der Waals surface area (Å²) in [6.45, 7) is -1.18. The Morgan fingerprint density at radius 3 is 2.62 bits per heavy atom.